The van der Waals surface area contributed by atoms with Gasteiger partial charge in [-0.3, -0.25) is 4.99 Å². The van der Waals surface area contributed by atoms with E-state index in [2.05, 4.69) is 9.98 Å². The molecule has 10 heteroatoms. The van der Waals surface area contributed by atoms with E-state index in [-0.39, 0.29) is 34.7 Å². The Bertz CT molecular complexity index is 1120. The van der Waals surface area contributed by atoms with E-state index in [1.807, 2.05) is 0 Å². The van der Waals surface area contributed by atoms with Gasteiger partial charge >= 0.3 is 6.18 Å². The van der Waals surface area contributed by atoms with Crippen LogP contribution >= 0.6 is 0 Å². The molecule has 2 heterocycles. The van der Waals surface area contributed by atoms with E-state index in [1.165, 1.54) is 36.2 Å². The number of nitrogens with one attached hydrogen (secondary N) is 1. The van der Waals surface area contributed by atoms with Crippen molar-refractivity contribution in [3.63, 3.8) is 0 Å². The summed E-state index contributed by atoms with van der Waals surface area (Å²) in [5.41, 5.74) is -0.520. The minimum atomic E-state index is -4.62. The van der Waals surface area contributed by atoms with Gasteiger partial charge in [0, 0.05) is 24.3 Å². The van der Waals surface area contributed by atoms with E-state index in [0.29, 0.717) is 18.7 Å². The minimum absolute atomic E-state index is 0.00271. The lowest BCUT2D eigenvalue weighted by molar-refractivity contribution is -0.137. The molecular weight excluding hydrogens is 418 g/mol. The van der Waals surface area contributed by atoms with Crippen molar-refractivity contribution >= 4 is 28.5 Å². The Morgan fingerprint density at radius 2 is 1.97 bits per heavy atom. The van der Waals surface area contributed by atoms with Crippen LogP contribution in [0.2, 0.25) is 0 Å². The third kappa shape index (κ3) is 4.35. The van der Waals surface area contributed by atoms with Crippen LogP contribution in [0, 0.1) is 5.82 Å². The number of anilines is 1. The molecule has 1 aromatic heterocycles. The first-order chi connectivity index (χ1) is 14.7. The Morgan fingerprint density at radius 1 is 1.23 bits per heavy atom. The van der Waals surface area contributed by atoms with Gasteiger partial charge < -0.3 is 24.5 Å². The summed E-state index contributed by atoms with van der Waals surface area (Å²) in [5.74, 6) is -0.910. The topological polar surface area (TPSA) is 70.1 Å². The van der Waals surface area contributed by atoms with Crippen LogP contribution in [0.4, 0.5) is 28.9 Å². The van der Waals surface area contributed by atoms with Crippen molar-refractivity contribution in [3.8, 4) is 5.88 Å². The zero-order valence-electron chi connectivity index (χ0n) is 16.4. The smallest absolute Gasteiger partial charge is 0.418 e. The number of likely N-dealkylation sites (N-methyl/N-ethyl adjacent to an activating group) is 1. The van der Waals surface area contributed by atoms with Crippen LogP contribution in [0.25, 0.3) is 10.9 Å². The number of fused-ring (bicyclic) bond motifs is 1. The maximum Gasteiger partial charge on any atom is 0.418 e. The van der Waals surface area contributed by atoms with Crippen molar-refractivity contribution in [2.24, 2.45) is 4.99 Å². The monoisotopic (exact) mass is 437 g/mol. The first kappa shape index (κ1) is 21.1. The number of hydrogen-bond donors (Lipinski definition) is 2. The number of alkyl halides is 3. The Morgan fingerprint density at radius 3 is 2.68 bits per heavy atom. The molecule has 2 N–H and O–H groups in total. The lowest BCUT2D eigenvalue weighted by atomic mass is 10.1. The molecule has 6 nitrogen and oxygen atoms in total. The second-order valence-electron chi connectivity index (χ2n) is 7.06. The molecule has 4 rings (SSSR count). The fourth-order valence-corrected chi connectivity index (χ4v) is 3.48. The molecule has 0 spiro atoms. The molecule has 0 amide bonds. The van der Waals surface area contributed by atoms with Crippen LogP contribution in [0.1, 0.15) is 11.1 Å². The molecule has 1 fully saturated rings. The molecular formula is C21H19F4N3O3. The van der Waals surface area contributed by atoms with Crippen molar-refractivity contribution in [3.05, 3.63) is 53.3 Å². The Labute approximate surface area is 174 Å². The fourth-order valence-electron chi connectivity index (χ4n) is 3.48. The first-order valence-electron chi connectivity index (χ1n) is 9.43. The molecule has 2 aromatic carbocycles. The highest BCUT2D eigenvalue weighted by molar-refractivity contribution is 6.02. The Hall–Kier alpha value is -3.11. The zero-order chi connectivity index (χ0) is 22.2. The molecule has 0 aliphatic carbocycles. The molecule has 0 radical (unpaired) electrons. The van der Waals surface area contributed by atoms with E-state index < -0.39 is 23.8 Å². The second kappa shape index (κ2) is 8.20. The van der Waals surface area contributed by atoms with Crippen LogP contribution in [-0.4, -0.2) is 49.4 Å². The SMILES string of the molecule is CN(CC1OCCO1)c1ccc(N=Cc2c(O)[nH]c3cccc(F)c23)cc1C(F)(F)F. The largest absolute Gasteiger partial charge is 0.494 e. The molecule has 0 atom stereocenters. The number of aromatic amines is 1. The third-order valence-electron chi connectivity index (χ3n) is 4.94. The van der Waals surface area contributed by atoms with E-state index >= 15 is 0 Å². The van der Waals surface area contributed by atoms with E-state index in [1.54, 1.807) is 6.07 Å². The molecule has 31 heavy (non-hydrogen) atoms. The van der Waals surface area contributed by atoms with E-state index in [9.17, 15) is 22.7 Å². The molecule has 1 aliphatic heterocycles. The van der Waals surface area contributed by atoms with Gasteiger partial charge in [-0.25, -0.2) is 4.39 Å². The standard InChI is InChI=1S/C21H19F4N3O3/c1-28(11-18-30-7-8-31-18)17-6-5-12(9-14(17)21(23,24)25)26-10-13-19-15(22)3-2-4-16(19)27-20(13)29/h2-6,9-10,18,27,29H,7-8,11H2,1H3. The summed E-state index contributed by atoms with van der Waals surface area (Å²) < 4.78 is 65.9. The van der Waals surface area contributed by atoms with Gasteiger partial charge in [0.05, 0.1) is 42.1 Å². The summed E-state index contributed by atoms with van der Waals surface area (Å²) in [6.45, 7) is 0.938. The van der Waals surface area contributed by atoms with Gasteiger partial charge in [0.15, 0.2) is 12.2 Å². The van der Waals surface area contributed by atoms with E-state index in [4.69, 9.17) is 9.47 Å². The number of aliphatic imine (C=N–C) groups is 1. The predicted octanol–water partition coefficient (Wildman–Crippen LogP) is 4.59. The number of benzene rings is 2. The third-order valence-corrected chi connectivity index (χ3v) is 4.94. The highest BCUT2D eigenvalue weighted by Crippen LogP contribution is 2.39. The van der Waals surface area contributed by atoms with Gasteiger partial charge in [0.2, 0.25) is 0 Å². The van der Waals surface area contributed by atoms with Crippen LogP contribution < -0.4 is 4.90 Å². The number of ether oxygens (including phenoxy) is 2. The zero-order valence-corrected chi connectivity index (χ0v) is 16.4. The van der Waals surface area contributed by atoms with Crippen LogP contribution in [0.5, 0.6) is 5.88 Å². The average Bonchev–Trinajstić information content (AvgIpc) is 3.33. The number of rotatable bonds is 5. The van der Waals surface area contributed by atoms with Crippen LogP contribution in [0.15, 0.2) is 41.4 Å². The molecule has 0 bridgehead atoms. The normalized spacial score (nSPS) is 15.4. The van der Waals surface area contributed by atoms with Crippen molar-refractivity contribution in [1.29, 1.82) is 0 Å². The molecule has 164 valence electrons. The lowest BCUT2D eigenvalue weighted by Crippen LogP contribution is -2.31. The van der Waals surface area contributed by atoms with Gasteiger partial charge in [0.1, 0.15) is 5.82 Å². The summed E-state index contributed by atoms with van der Waals surface area (Å²) in [6, 6.07) is 7.88. The molecule has 0 saturated carbocycles. The van der Waals surface area contributed by atoms with Crippen molar-refractivity contribution < 1.29 is 32.1 Å². The highest BCUT2D eigenvalue weighted by Gasteiger charge is 2.35. The number of halogens is 4. The number of aromatic nitrogens is 1. The fraction of sp³-hybridized carbons (Fsp3) is 0.286. The first-order valence-corrected chi connectivity index (χ1v) is 9.43. The summed E-state index contributed by atoms with van der Waals surface area (Å²) >= 11 is 0. The molecule has 0 unspecified atom stereocenters. The summed E-state index contributed by atoms with van der Waals surface area (Å²) in [7, 11) is 1.52. The number of H-pyrrole nitrogens is 1. The maximum absolute atomic E-state index is 14.1. The highest BCUT2D eigenvalue weighted by atomic mass is 19.4. The summed E-state index contributed by atoms with van der Waals surface area (Å²) in [5, 5.41) is 10.2. The Kier molecular flexibility index (Phi) is 5.59. The van der Waals surface area contributed by atoms with Crippen molar-refractivity contribution in [2.45, 2.75) is 12.5 Å². The predicted molar refractivity (Wildman–Crippen MR) is 108 cm³/mol. The summed E-state index contributed by atoms with van der Waals surface area (Å²) in [4.78, 5) is 8.06. The van der Waals surface area contributed by atoms with Gasteiger partial charge in [-0.15, -0.1) is 0 Å². The average molecular weight is 437 g/mol. The number of hydrogen-bond acceptors (Lipinski definition) is 5. The molecule has 3 aromatic rings. The number of nitrogens with zero attached hydrogens (tertiary/aromatic N) is 2. The Balaban J connectivity index is 1.66. The molecule has 1 aliphatic rings. The maximum atomic E-state index is 14.1. The lowest BCUT2D eigenvalue weighted by Gasteiger charge is -2.25. The van der Waals surface area contributed by atoms with Crippen LogP contribution in [0.3, 0.4) is 0 Å². The minimum Gasteiger partial charge on any atom is -0.494 e. The van der Waals surface area contributed by atoms with E-state index in [0.717, 1.165) is 12.3 Å². The second-order valence-corrected chi connectivity index (χ2v) is 7.06. The van der Waals surface area contributed by atoms with Crippen molar-refractivity contribution in [2.75, 3.05) is 31.7 Å². The van der Waals surface area contributed by atoms with Gasteiger partial charge in [-0.2, -0.15) is 13.2 Å². The van der Waals surface area contributed by atoms with Gasteiger partial charge in [-0.1, -0.05) is 6.07 Å². The van der Waals surface area contributed by atoms with Crippen LogP contribution in [-0.2, 0) is 15.7 Å². The molecule has 1 saturated heterocycles. The quantitative estimate of drug-likeness (QED) is 0.453. The number of aromatic hydroxyl groups is 1. The van der Waals surface area contributed by atoms with Crippen molar-refractivity contribution in [1.82, 2.24) is 4.98 Å². The van der Waals surface area contributed by atoms with Gasteiger partial charge in [0.25, 0.3) is 0 Å². The summed E-state index contributed by atoms with van der Waals surface area (Å²) in [6.07, 6.45) is -4.08. The van der Waals surface area contributed by atoms with Gasteiger partial charge in [-0.05, 0) is 30.3 Å².